The lowest BCUT2D eigenvalue weighted by Gasteiger charge is -2.25. The number of anilines is 1. The molecule has 0 bridgehead atoms. The van der Waals surface area contributed by atoms with Gasteiger partial charge in [0.1, 0.15) is 0 Å². The van der Waals surface area contributed by atoms with E-state index in [1.807, 2.05) is 17.0 Å². The van der Waals surface area contributed by atoms with E-state index in [0.717, 1.165) is 25.9 Å². The summed E-state index contributed by atoms with van der Waals surface area (Å²) in [5.41, 5.74) is 7.05. The van der Waals surface area contributed by atoms with E-state index in [0.29, 0.717) is 17.2 Å². The number of carbonyl (C=O) groups is 1. The van der Waals surface area contributed by atoms with Crippen LogP contribution in [-0.4, -0.2) is 23.9 Å². The molecule has 0 aliphatic heterocycles. The molecule has 18 heavy (non-hydrogen) atoms. The van der Waals surface area contributed by atoms with Crippen molar-refractivity contribution < 1.29 is 4.79 Å². The fourth-order valence-corrected chi connectivity index (χ4v) is 1.93. The first-order valence-electron chi connectivity index (χ1n) is 6.70. The molecule has 0 aromatic heterocycles. The third kappa shape index (κ3) is 4.06. The fraction of sp³-hybridized carbons (Fsp3) is 0.533. The number of hydrogen-bond acceptors (Lipinski definition) is 2. The molecular weight excluding hydrogens is 224 g/mol. The van der Waals surface area contributed by atoms with E-state index in [2.05, 4.69) is 20.8 Å². The lowest BCUT2D eigenvalue weighted by Crippen LogP contribution is -2.35. The van der Waals surface area contributed by atoms with Crippen molar-refractivity contribution >= 4 is 11.6 Å². The predicted molar refractivity (Wildman–Crippen MR) is 76.5 cm³/mol. The maximum Gasteiger partial charge on any atom is 0.255 e. The van der Waals surface area contributed by atoms with Crippen LogP contribution in [0.2, 0.25) is 0 Å². The molecule has 1 aromatic carbocycles. The molecule has 0 spiro atoms. The first-order valence-corrected chi connectivity index (χ1v) is 6.70. The van der Waals surface area contributed by atoms with Gasteiger partial charge in [-0.1, -0.05) is 39.3 Å². The van der Waals surface area contributed by atoms with Gasteiger partial charge in [0.2, 0.25) is 0 Å². The van der Waals surface area contributed by atoms with Gasteiger partial charge in [0.25, 0.3) is 5.91 Å². The lowest BCUT2D eigenvalue weighted by atomic mass is 10.1. The van der Waals surface area contributed by atoms with E-state index in [9.17, 15) is 4.79 Å². The van der Waals surface area contributed by atoms with Crippen molar-refractivity contribution in [2.24, 2.45) is 5.92 Å². The molecule has 0 unspecified atom stereocenters. The second-order valence-corrected chi connectivity index (χ2v) is 5.09. The van der Waals surface area contributed by atoms with Gasteiger partial charge in [-0.2, -0.15) is 0 Å². The predicted octanol–water partition coefficient (Wildman–Crippen LogP) is 3.17. The van der Waals surface area contributed by atoms with Crippen molar-refractivity contribution in [1.82, 2.24) is 4.90 Å². The molecule has 3 heteroatoms. The Labute approximate surface area is 110 Å². The number of nitrogens with two attached hydrogens (primary N) is 1. The summed E-state index contributed by atoms with van der Waals surface area (Å²) in [6, 6.07) is 7.29. The van der Waals surface area contributed by atoms with Crippen molar-refractivity contribution in [3.05, 3.63) is 29.8 Å². The molecule has 0 heterocycles. The monoisotopic (exact) mass is 248 g/mol. The van der Waals surface area contributed by atoms with E-state index in [4.69, 9.17) is 5.73 Å². The standard InChI is InChI=1S/C15H24N2O/c1-4-5-10-17(11-12(2)3)15(18)13-8-6-7-9-14(13)16/h6-9,12H,4-5,10-11,16H2,1-3H3. The van der Waals surface area contributed by atoms with Crippen molar-refractivity contribution in [2.45, 2.75) is 33.6 Å². The van der Waals surface area contributed by atoms with Gasteiger partial charge in [-0.05, 0) is 24.5 Å². The lowest BCUT2D eigenvalue weighted by molar-refractivity contribution is 0.0735. The molecule has 1 amide bonds. The van der Waals surface area contributed by atoms with Gasteiger partial charge in [0, 0.05) is 18.8 Å². The first kappa shape index (κ1) is 14.6. The molecule has 0 saturated heterocycles. The molecule has 1 aromatic rings. The highest BCUT2D eigenvalue weighted by molar-refractivity contribution is 5.99. The largest absolute Gasteiger partial charge is 0.398 e. The van der Waals surface area contributed by atoms with E-state index in [1.165, 1.54) is 0 Å². The minimum absolute atomic E-state index is 0.0512. The summed E-state index contributed by atoms with van der Waals surface area (Å²) in [6.45, 7) is 7.98. The van der Waals surface area contributed by atoms with Gasteiger partial charge < -0.3 is 10.6 Å². The number of para-hydroxylation sites is 1. The molecule has 0 fully saturated rings. The normalized spacial score (nSPS) is 10.7. The summed E-state index contributed by atoms with van der Waals surface area (Å²) in [7, 11) is 0. The minimum Gasteiger partial charge on any atom is -0.398 e. The Bertz CT molecular complexity index is 388. The smallest absolute Gasteiger partial charge is 0.255 e. The zero-order chi connectivity index (χ0) is 13.5. The number of unbranched alkanes of at least 4 members (excludes halogenated alkanes) is 1. The highest BCUT2D eigenvalue weighted by atomic mass is 16.2. The van der Waals surface area contributed by atoms with Gasteiger partial charge in [-0.15, -0.1) is 0 Å². The van der Waals surface area contributed by atoms with Gasteiger partial charge in [0.05, 0.1) is 5.56 Å². The maximum atomic E-state index is 12.5. The van der Waals surface area contributed by atoms with Crippen LogP contribution in [0.5, 0.6) is 0 Å². The van der Waals surface area contributed by atoms with Crippen LogP contribution >= 0.6 is 0 Å². The van der Waals surface area contributed by atoms with Crippen LogP contribution in [0.4, 0.5) is 5.69 Å². The summed E-state index contributed by atoms with van der Waals surface area (Å²) in [4.78, 5) is 14.4. The second-order valence-electron chi connectivity index (χ2n) is 5.09. The van der Waals surface area contributed by atoms with E-state index < -0.39 is 0 Å². The number of amides is 1. The van der Waals surface area contributed by atoms with Crippen LogP contribution in [0.15, 0.2) is 24.3 Å². The third-order valence-corrected chi connectivity index (χ3v) is 2.85. The number of hydrogen-bond donors (Lipinski definition) is 1. The summed E-state index contributed by atoms with van der Waals surface area (Å²) < 4.78 is 0. The van der Waals surface area contributed by atoms with Crippen molar-refractivity contribution in [3.63, 3.8) is 0 Å². The van der Waals surface area contributed by atoms with Crippen LogP contribution in [0, 0.1) is 5.92 Å². The van der Waals surface area contributed by atoms with Crippen molar-refractivity contribution in [1.29, 1.82) is 0 Å². The zero-order valence-electron chi connectivity index (χ0n) is 11.6. The van der Waals surface area contributed by atoms with Gasteiger partial charge in [-0.25, -0.2) is 0 Å². The number of nitrogen functional groups attached to an aromatic ring is 1. The topological polar surface area (TPSA) is 46.3 Å². The molecule has 0 atom stereocenters. The van der Waals surface area contributed by atoms with Gasteiger partial charge in [0.15, 0.2) is 0 Å². The fourth-order valence-electron chi connectivity index (χ4n) is 1.93. The number of nitrogens with zero attached hydrogens (tertiary/aromatic N) is 1. The highest BCUT2D eigenvalue weighted by Gasteiger charge is 2.18. The molecule has 0 aliphatic rings. The summed E-state index contributed by atoms with van der Waals surface area (Å²) in [6.07, 6.45) is 2.12. The van der Waals surface area contributed by atoms with Crippen LogP contribution in [-0.2, 0) is 0 Å². The Morgan fingerprint density at radius 3 is 2.56 bits per heavy atom. The molecule has 0 radical (unpaired) electrons. The van der Waals surface area contributed by atoms with Crippen LogP contribution in [0.1, 0.15) is 44.0 Å². The summed E-state index contributed by atoms with van der Waals surface area (Å²) in [5, 5.41) is 0. The molecule has 1 rings (SSSR count). The van der Waals surface area contributed by atoms with Crippen LogP contribution in [0.25, 0.3) is 0 Å². The summed E-state index contributed by atoms with van der Waals surface area (Å²) >= 11 is 0. The Kier molecular flexibility index (Phi) is 5.69. The highest BCUT2D eigenvalue weighted by Crippen LogP contribution is 2.15. The van der Waals surface area contributed by atoms with Crippen molar-refractivity contribution in [3.8, 4) is 0 Å². The second kappa shape index (κ2) is 7.04. The quantitative estimate of drug-likeness (QED) is 0.786. The first-order chi connectivity index (χ1) is 8.56. The molecular formula is C15H24N2O. The average molecular weight is 248 g/mol. The number of rotatable bonds is 6. The van der Waals surface area contributed by atoms with Gasteiger partial charge >= 0.3 is 0 Å². The Hall–Kier alpha value is -1.51. The van der Waals surface area contributed by atoms with E-state index in [1.54, 1.807) is 12.1 Å². The molecule has 3 nitrogen and oxygen atoms in total. The van der Waals surface area contributed by atoms with E-state index >= 15 is 0 Å². The Morgan fingerprint density at radius 1 is 1.33 bits per heavy atom. The zero-order valence-corrected chi connectivity index (χ0v) is 11.6. The molecule has 100 valence electrons. The number of carbonyl (C=O) groups excluding carboxylic acids is 1. The third-order valence-electron chi connectivity index (χ3n) is 2.85. The van der Waals surface area contributed by atoms with Crippen molar-refractivity contribution in [2.75, 3.05) is 18.8 Å². The molecule has 2 N–H and O–H groups in total. The van der Waals surface area contributed by atoms with Crippen LogP contribution < -0.4 is 5.73 Å². The Balaban J connectivity index is 2.84. The van der Waals surface area contributed by atoms with Crippen LogP contribution in [0.3, 0.4) is 0 Å². The summed E-state index contributed by atoms with van der Waals surface area (Å²) in [5.74, 6) is 0.519. The average Bonchev–Trinajstić information content (AvgIpc) is 2.34. The SMILES string of the molecule is CCCCN(CC(C)C)C(=O)c1ccccc1N. The number of benzene rings is 1. The maximum absolute atomic E-state index is 12.5. The molecule has 0 aliphatic carbocycles. The molecule has 0 saturated carbocycles. The van der Waals surface area contributed by atoms with Gasteiger partial charge in [-0.3, -0.25) is 4.79 Å². The van der Waals surface area contributed by atoms with E-state index in [-0.39, 0.29) is 5.91 Å². The Morgan fingerprint density at radius 2 is 2.00 bits per heavy atom. The minimum atomic E-state index is 0.0512.